The van der Waals surface area contributed by atoms with Gasteiger partial charge in [0.15, 0.2) is 0 Å². The second-order valence-corrected chi connectivity index (χ2v) is 3.16. The second kappa shape index (κ2) is 4.34. The lowest BCUT2D eigenvalue weighted by atomic mass is 9.91. The molecule has 0 saturated carbocycles. The lowest BCUT2D eigenvalue weighted by Gasteiger charge is -2.19. The standard InChI is InChI=1S/C8H17NO2/c1-4-8(2,3)7(10)11-6-5-9/h4-6,9H2,1-3H3. The molecule has 0 aliphatic carbocycles. The molecule has 0 saturated heterocycles. The molecule has 0 radical (unpaired) electrons. The molecular formula is C8H17NO2. The first-order chi connectivity index (χ1) is 5.04. The topological polar surface area (TPSA) is 52.3 Å². The Bertz CT molecular complexity index is 132. The summed E-state index contributed by atoms with van der Waals surface area (Å²) in [6, 6.07) is 0. The molecule has 0 aromatic heterocycles. The zero-order valence-electron chi connectivity index (χ0n) is 7.52. The maximum Gasteiger partial charge on any atom is 0.311 e. The van der Waals surface area contributed by atoms with Crippen molar-refractivity contribution in [2.45, 2.75) is 27.2 Å². The van der Waals surface area contributed by atoms with E-state index in [-0.39, 0.29) is 11.4 Å². The summed E-state index contributed by atoms with van der Waals surface area (Å²) in [4.78, 5) is 11.2. The van der Waals surface area contributed by atoms with E-state index in [0.29, 0.717) is 13.2 Å². The Hall–Kier alpha value is -0.570. The number of nitrogens with two attached hydrogens (primary N) is 1. The quantitative estimate of drug-likeness (QED) is 0.621. The van der Waals surface area contributed by atoms with E-state index in [0.717, 1.165) is 6.42 Å². The van der Waals surface area contributed by atoms with Crippen molar-refractivity contribution in [3.8, 4) is 0 Å². The Morgan fingerprint density at radius 2 is 2.09 bits per heavy atom. The van der Waals surface area contributed by atoms with E-state index in [2.05, 4.69) is 0 Å². The first-order valence-electron chi connectivity index (χ1n) is 3.92. The van der Waals surface area contributed by atoms with Gasteiger partial charge < -0.3 is 10.5 Å². The van der Waals surface area contributed by atoms with Crippen LogP contribution in [-0.2, 0) is 9.53 Å². The fourth-order valence-corrected chi connectivity index (χ4v) is 0.491. The summed E-state index contributed by atoms with van der Waals surface area (Å²) in [6.45, 7) is 6.41. The summed E-state index contributed by atoms with van der Waals surface area (Å²) >= 11 is 0. The molecule has 0 bridgehead atoms. The van der Waals surface area contributed by atoms with Crippen LogP contribution < -0.4 is 5.73 Å². The third kappa shape index (κ3) is 3.37. The van der Waals surface area contributed by atoms with Gasteiger partial charge in [0.05, 0.1) is 5.41 Å². The molecule has 0 unspecified atom stereocenters. The fourth-order valence-electron chi connectivity index (χ4n) is 0.491. The van der Waals surface area contributed by atoms with Crippen LogP contribution in [0.2, 0.25) is 0 Å². The summed E-state index contributed by atoms with van der Waals surface area (Å²) in [5.41, 5.74) is 4.82. The minimum absolute atomic E-state index is 0.162. The van der Waals surface area contributed by atoms with E-state index in [4.69, 9.17) is 10.5 Å². The van der Waals surface area contributed by atoms with Gasteiger partial charge in [-0.1, -0.05) is 6.92 Å². The van der Waals surface area contributed by atoms with Gasteiger partial charge >= 0.3 is 5.97 Å². The van der Waals surface area contributed by atoms with E-state index in [1.54, 1.807) is 0 Å². The van der Waals surface area contributed by atoms with Crippen LogP contribution >= 0.6 is 0 Å². The molecule has 0 atom stereocenters. The van der Waals surface area contributed by atoms with Gasteiger partial charge in [-0.25, -0.2) is 0 Å². The highest BCUT2D eigenvalue weighted by Gasteiger charge is 2.26. The van der Waals surface area contributed by atoms with Gasteiger partial charge in [0.2, 0.25) is 0 Å². The van der Waals surface area contributed by atoms with Crippen LogP contribution in [-0.4, -0.2) is 19.1 Å². The molecule has 0 fully saturated rings. The summed E-state index contributed by atoms with van der Waals surface area (Å²) in [5, 5.41) is 0. The summed E-state index contributed by atoms with van der Waals surface area (Å²) in [5.74, 6) is -0.162. The molecule has 66 valence electrons. The van der Waals surface area contributed by atoms with Crippen LogP contribution in [0.15, 0.2) is 0 Å². The second-order valence-electron chi connectivity index (χ2n) is 3.16. The number of carbonyl (C=O) groups is 1. The Morgan fingerprint density at radius 1 is 1.55 bits per heavy atom. The molecule has 0 aromatic rings. The van der Waals surface area contributed by atoms with E-state index in [9.17, 15) is 4.79 Å². The molecule has 0 rings (SSSR count). The third-order valence-corrected chi connectivity index (χ3v) is 1.79. The van der Waals surface area contributed by atoms with Crippen molar-refractivity contribution < 1.29 is 9.53 Å². The van der Waals surface area contributed by atoms with Gasteiger partial charge in [-0.2, -0.15) is 0 Å². The first kappa shape index (κ1) is 10.4. The van der Waals surface area contributed by atoms with Crippen LogP contribution in [0, 0.1) is 5.41 Å². The molecule has 0 spiro atoms. The number of hydrogen-bond donors (Lipinski definition) is 1. The molecule has 0 aromatic carbocycles. The lowest BCUT2D eigenvalue weighted by molar-refractivity contribution is -0.153. The van der Waals surface area contributed by atoms with Crippen molar-refractivity contribution in [1.82, 2.24) is 0 Å². The lowest BCUT2D eigenvalue weighted by Crippen LogP contribution is -2.27. The zero-order valence-corrected chi connectivity index (χ0v) is 7.52. The van der Waals surface area contributed by atoms with Crippen LogP contribution in [0.3, 0.4) is 0 Å². The predicted molar refractivity (Wildman–Crippen MR) is 44.1 cm³/mol. The normalized spacial score (nSPS) is 11.3. The summed E-state index contributed by atoms with van der Waals surface area (Å²) in [7, 11) is 0. The minimum Gasteiger partial charge on any atom is -0.464 e. The summed E-state index contributed by atoms with van der Waals surface area (Å²) < 4.78 is 4.88. The molecule has 2 N–H and O–H groups in total. The van der Waals surface area contributed by atoms with Crippen molar-refractivity contribution in [2.75, 3.05) is 13.2 Å². The Balaban J connectivity index is 3.82. The predicted octanol–water partition coefficient (Wildman–Crippen LogP) is 0.924. The number of rotatable bonds is 4. The van der Waals surface area contributed by atoms with Crippen molar-refractivity contribution in [1.29, 1.82) is 0 Å². The maximum atomic E-state index is 11.2. The van der Waals surface area contributed by atoms with Crippen LogP contribution in [0.1, 0.15) is 27.2 Å². The SMILES string of the molecule is CCC(C)(C)C(=O)OCCN. The highest BCUT2D eigenvalue weighted by atomic mass is 16.5. The number of hydrogen-bond acceptors (Lipinski definition) is 3. The van der Waals surface area contributed by atoms with Crippen molar-refractivity contribution in [2.24, 2.45) is 11.1 Å². The van der Waals surface area contributed by atoms with Crippen molar-refractivity contribution >= 4 is 5.97 Å². The number of carbonyl (C=O) groups excluding carboxylic acids is 1. The molecule has 11 heavy (non-hydrogen) atoms. The van der Waals surface area contributed by atoms with Crippen LogP contribution in [0.5, 0.6) is 0 Å². The fraction of sp³-hybridized carbons (Fsp3) is 0.875. The van der Waals surface area contributed by atoms with Gasteiger partial charge in [-0.3, -0.25) is 4.79 Å². The first-order valence-corrected chi connectivity index (χ1v) is 3.92. The minimum atomic E-state index is -0.366. The highest BCUT2D eigenvalue weighted by molar-refractivity contribution is 5.75. The smallest absolute Gasteiger partial charge is 0.311 e. The molecular weight excluding hydrogens is 142 g/mol. The van der Waals surface area contributed by atoms with E-state index in [1.807, 2.05) is 20.8 Å². The molecule has 3 nitrogen and oxygen atoms in total. The van der Waals surface area contributed by atoms with E-state index in [1.165, 1.54) is 0 Å². The molecule has 0 aliphatic rings. The van der Waals surface area contributed by atoms with Gasteiger partial charge in [0, 0.05) is 6.54 Å². The Morgan fingerprint density at radius 3 is 2.45 bits per heavy atom. The van der Waals surface area contributed by atoms with Crippen molar-refractivity contribution in [3.63, 3.8) is 0 Å². The molecule has 0 heterocycles. The van der Waals surface area contributed by atoms with Gasteiger partial charge in [-0.05, 0) is 20.3 Å². The average molecular weight is 159 g/mol. The Labute approximate surface area is 67.9 Å². The monoisotopic (exact) mass is 159 g/mol. The van der Waals surface area contributed by atoms with E-state index >= 15 is 0 Å². The van der Waals surface area contributed by atoms with Crippen LogP contribution in [0.25, 0.3) is 0 Å². The number of ether oxygens (including phenoxy) is 1. The van der Waals surface area contributed by atoms with E-state index < -0.39 is 0 Å². The maximum absolute atomic E-state index is 11.2. The highest BCUT2D eigenvalue weighted by Crippen LogP contribution is 2.20. The molecule has 3 heteroatoms. The van der Waals surface area contributed by atoms with Crippen molar-refractivity contribution in [3.05, 3.63) is 0 Å². The third-order valence-electron chi connectivity index (χ3n) is 1.79. The number of esters is 1. The average Bonchev–Trinajstić information content (AvgIpc) is 2.00. The van der Waals surface area contributed by atoms with Gasteiger partial charge in [0.25, 0.3) is 0 Å². The Kier molecular flexibility index (Phi) is 4.11. The summed E-state index contributed by atoms with van der Waals surface area (Å²) in [6.07, 6.45) is 0.788. The molecule has 0 amide bonds. The zero-order chi connectivity index (χ0) is 8.91. The molecule has 0 aliphatic heterocycles. The largest absolute Gasteiger partial charge is 0.464 e. The van der Waals surface area contributed by atoms with Crippen LogP contribution in [0.4, 0.5) is 0 Å². The van der Waals surface area contributed by atoms with Gasteiger partial charge in [0.1, 0.15) is 6.61 Å². The van der Waals surface area contributed by atoms with Gasteiger partial charge in [-0.15, -0.1) is 0 Å².